The fourth-order valence-corrected chi connectivity index (χ4v) is 3.93. The number of amides is 2. The van der Waals surface area contributed by atoms with E-state index in [1.807, 2.05) is 12.3 Å². The van der Waals surface area contributed by atoms with E-state index < -0.39 is 11.9 Å². The summed E-state index contributed by atoms with van der Waals surface area (Å²) in [5.74, 6) is 1.62. The Bertz CT molecular complexity index is 875. The maximum atomic E-state index is 12.8. The van der Waals surface area contributed by atoms with E-state index in [-0.39, 0.29) is 37.6 Å². The van der Waals surface area contributed by atoms with E-state index in [0.29, 0.717) is 6.42 Å². The summed E-state index contributed by atoms with van der Waals surface area (Å²) in [6, 6.07) is 2.16. The first-order valence-corrected chi connectivity index (χ1v) is 11.4. The molecule has 0 radical (unpaired) electrons. The molecule has 0 spiro atoms. The number of esters is 1. The maximum absolute atomic E-state index is 12.8. The topological polar surface area (TPSA) is 101 Å². The molecule has 0 saturated heterocycles. The van der Waals surface area contributed by atoms with Crippen molar-refractivity contribution in [2.75, 3.05) is 31.6 Å². The molecular weight excluding hydrogens is 408 g/mol. The molecule has 2 N–H and O–H groups in total. The van der Waals surface area contributed by atoms with Crippen LogP contribution in [0.1, 0.15) is 50.2 Å². The first-order chi connectivity index (χ1) is 15.5. The highest BCUT2D eigenvalue weighted by Gasteiger charge is 2.33. The molecule has 8 heteroatoms. The van der Waals surface area contributed by atoms with Crippen molar-refractivity contribution in [3.05, 3.63) is 23.4 Å². The smallest absolute Gasteiger partial charge is 0.322 e. The minimum absolute atomic E-state index is 0.00204. The lowest BCUT2D eigenvalue weighted by atomic mass is 9.97. The van der Waals surface area contributed by atoms with Gasteiger partial charge in [0.2, 0.25) is 11.8 Å². The highest BCUT2D eigenvalue weighted by atomic mass is 16.5. The Kier molecular flexibility index (Phi) is 8.48. The van der Waals surface area contributed by atoms with Gasteiger partial charge in [0.15, 0.2) is 0 Å². The third kappa shape index (κ3) is 6.46. The van der Waals surface area contributed by atoms with Gasteiger partial charge in [0, 0.05) is 31.7 Å². The Morgan fingerprint density at radius 3 is 2.94 bits per heavy atom. The largest absolute Gasteiger partial charge is 0.465 e. The number of nitrogens with zero attached hydrogens (tertiary/aromatic N) is 2. The van der Waals surface area contributed by atoms with Crippen LogP contribution in [-0.2, 0) is 32.0 Å². The summed E-state index contributed by atoms with van der Waals surface area (Å²) in [5, 5.41) is 6.00. The number of ether oxygens (including phenoxy) is 1. The minimum atomic E-state index is -0.829. The van der Waals surface area contributed by atoms with Crippen molar-refractivity contribution in [1.82, 2.24) is 15.2 Å². The number of terminal acetylenes is 1. The number of pyridine rings is 1. The molecule has 1 saturated carbocycles. The molecule has 1 aromatic heterocycles. The SMILES string of the molecule is C#C[C@@H](CNC(=O)CN(C(=O)CCCc1ccnc2c1CCCN2)C1CC1)C(=O)OCC. The second kappa shape index (κ2) is 11.5. The number of nitrogens with one attached hydrogen (secondary N) is 2. The molecule has 32 heavy (non-hydrogen) atoms. The van der Waals surface area contributed by atoms with E-state index in [1.165, 1.54) is 11.1 Å². The van der Waals surface area contributed by atoms with Gasteiger partial charge in [0.25, 0.3) is 0 Å². The minimum Gasteiger partial charge on any atom is -0.465 e. The number of hydrogen-bond donors (Lipinski definition) is 2. The van der Waals surface area contributed by atoms with Crippen LogP contribution in [0.25, 0.3) is 0 Å². The second-order valence-electron chi connectivity index (χ2n) is 8.21. The van der Waals surface area contributed by atoms with Crippen LogP contribution < -0.4 is 10.6 Å². The maximum Gasteiger partial charge on any atom is 0.322 e. The number of carbonyl (C=O) groups excluding carboxylic acids is 3. The normalized spacial score (nSPS) is 15.5. The van der Waals surface area contributed by atoms with E-state index in [0.717, 1.165) is 50.9 Å². The molecule has 172 valence electrons. The molecule has 3 rings (SSSR count). The molecule has 1 aliphatic carbocycles. The van der Waals surface area contributed by atoms with Gasteiger partial charge in [-0.05, 0) is 62.6 Å². The van der Waals surface area contributed by atoms with Crippen LogP contribution in [0, 0.1) is 18.3 Å². The number of rotatable bonds is 11. The fraction of sp³-hybridized carbons (Fsp3) is 0.583. The molecule has 1 aromatic rings. The monoisotopic (exact) mass is 440 g/mol. The van der Waals surface area contributed by atoms with Gasteiger partial charge in [-0.25, -0.2) is 4.98 Å². The van der Waals surface area contributed by atoms with E-state index in [4.69, 9.17) is 11.2 Å². The quantitative estimate of drug-likeness (QED) is 0.401. The molecule has 0 unspecified atom stereocenters. The zero-order chi connectivity index (χ0) is 22.9. The highest BCUT2D eigenvalue weighted by Crippen LogP contribution is 2.28. The Balaban J connectivity index is 1.47. The van der Waals surface area contributed by atoms with Crippen LogP contribution in [0.15, 0.2) is 12.3 Å². The summed E-state index contributed by atoms with van der Waals surface area (Å²) in [6.07, 6.45) is 13.0. The van der Waals surface area contributed by atoms with Gasteiger partial charge >= 0.3 is 5.97 Å². The Hall–Kier alpha value is -3.08. The summed E-state index contributed by atoms with van der Waals surface area (Å²) < 4.78 is 4.91. The lowest BCUT2D eigenvalue weighted by Gasteiger charge is -2.23. The molecule has 0 bridgehead atoms. The van der Waals surface area contributed by atoms with Gasteiger partial charge < -0.3 is 20.3 Å². The van der Waals surface area contributed by atoms with Crippen molar-refractivity contribution in [2.24, 2.45) is 5.92 Å². The zero-order valence-electron chi connectivity index (χ0n) is 18.7. The van der Waals surface area contributed by atoms with Crippen molar-refractivity contribution in [3.63, 3.8) is 0 Å². The van der Waals surface area contributed by atoms with E-state index in [2.05, 4.69) is 21.5 Å². The molecule has 1 fully saturated rings. The van der Waals surface area contributed by atoms with Gasteiger partial charge in [-0.15, -0.1) is 6.42 Å². The van der Waals surface area contributed by atoms with Crippen LogP contribution in [0.4, 0.5) is 5.82 Å². The van der Waals surface area contributed by atoms with Crippen molar-refractivity contribution in [3.8, 4) is 12.3 Å². The van der Waals surface area contributed by atoms with Gasteiger partial charge in [-0.3, -0.25) is 14.4 Å². The zero-order valence-corrected chi connectivity index (χ0v) is 18.7. The molecule has 2 amide bonds. The summed E-state index contributed by atoms with van der Waals surface area (Å²) >= 11 is 0. The van der Waals surface area contributed by atoms with E-state index in [1.54, 1.807) is 11.8 Å². The van der Waals surface area contributed by atoms with Gasteiger partial charge in [-0.1, -0.05) is 5.92 Å². The molecule has 8 nitrogen and oxygen atoms in total. The Morgan fingerprint density at radius 2 is 2.22 bits per heavy atom. The molecule has 0 aromatic carbocycles. The average molecular weight is 441 g/mol. The number of anilines is 1. The molecule has 1 aliphatic heterocycles. The third-order valence-corrected chi connectivity index (χ3v) is 5.78. The fourth-order valence-electron chi connectivity index (χ4n) is 3.93. The van der Waals surface area contributed by atoms with Gasteiger partial charge in [0.05, 0.1) is 13.2 Å². The first kappa shape index (κ1) is 23.6. The first-order valence-electron chi connectivity index (χ1n) is 11.4. The predicted molar refractivity (Wildman–Crippen MR) is 121 cm³/mol. The van der Waals surface area contributed by atoms with Crippen molar-refractivity contribution < 1.29 is 19.1 Å². The van der Waals surface area contributed by atoms with E-state index >= 15 is 0 Å². The standard InChI is InChI=1S/C24H32N4O4/c1-3-17(24(31)32-4-2)15-27-21(29)16-28(19-10-11-19)22(30)9-5-7-18-12-14-26-23-20(18)8-6-13-25-23/h1,12,14,17,19H,4-11,13,15-16H2,2H3,(H,25,26)(H,27,29)/t17-/m0/s1. The summed E-state index contributed by atoms with van der Waals surface area (Å²) in [6.45, 7) is 2.86. The summed E-state index contributed by atoms with van der Waals surface area (Å²) in [7, 11) is 0. The predicted octanol–water partition coefficient (Wildman–Crippen LogP) is 1.68. The number of hydrogen-bond acceptors (Lipinski definition) is 6. The summed E-state index contributed by atoms with van der Waals surface area (Å²) in [5.41, 5.74) is 2.50. The molecular formula is C24H32N4O4. The number of carbonyl (C=O) groups is 3. The Labute approximate surface area is 189 Å². The van der Waals surface area contributed by atoms with Crippen LogP contribution in [-0.4, -0.2) is 60.0 Å². The molecule has 2 heterocycles. The number of aromatic nitrogens is 1. The van der Waals surface area contributed by atoms with Gasteiger partial charge in [0.1, 0.15) is 11.7 Å². The lowest BCUT2D eigenvalue weighted by molar-refractivity contribution is -0.146. The number of aryl methyl sites for hydroxylation is 1. The second-order valence-corrected chi connectivity index (χ2v) is 8.21. The van der Waals surface area contributed by atoms with E-state index in [9.17, 15) is 14.4 Å². The van der Waals surface area contributed by atoms with Crippen LogP contribution in [0.5, 0.6) is 0 Å². The van der Waals surface area contributed by atoms with Crippen LogP contribution in [0.2, 0.25) is 0 Å². The third-order valence-electron chi connectivity index (χ3n) is 5.78. The number of fused-ring (bicyclic) bond motifs is 1. The van der Waals surface area contributed by atoms with Crippen LogP contribution >= 0.6 is 0 Å². The van der Waals surface area contributed by atoms with Gasteiger partial charge in [-0.2, -0.15) is 0 Å². The highest BCUT2D eigenvalue weighted by molar-refractivity contribution is 5.86. The molecule has 1 atom stereocenters. The average Bonchev–Trinajstić information content (AvgIpc) is 3.63. The summed E-state index contributed by atoms with van der Waals surface area (Å²) in [4.78, 5) is 43.1. The molecule has 2 aliphatic rings. The lowest BCUT2D eigenvalue weighted by Crippen LogP contribution is -2.43. The van der Waals surface area contributed by atoms with Crippen molar-refractivity contribution in [1.29, 1.82) is 0 Å². The van der Waals surface area contributed by atoms with Crippen molar-refractivity contribution in [2.45, 2.75) is 57.9 Å². The Morgan fingerprint density at radius 1 is 1.41 bits per heavy atom. The van der Waals surface area contributed by atoms with Crippen LogP contribution in [0.3, 0.4) is 0 Å². The van der Waals surface area contributed by atoms with Crippen molar-refractivity contribution >= 4 is 23.6 Å².